The predicted octanol–water partition coefficient (Wildman–Crippen LogP) is 3.85. The fraction of sp³-hybridized carbons (Fsp3) is 0.611. The largest absolute Gasteiger partial charge is 0.444 e. The summed E-state index contributed by atoms with van der Waals surface area (Å²) in [6.07, 6.45) is 0.595. The lowest BCUT2D eigenvalue weighted by Crippen LogP contribution is -2.53. The Balaban J connectivity index is 1.89. The predicted molar refractivity (Wildman–Crippen MR) is 84.3 cm³/mol. The number of hydrogen-bond donors (Lipinski definition) is 1. The molecular weight excluding hydrogens is 335 g/mol. The Morgan fingerprint density at radius 1 is 1.16 bits per heavy atom. The summed E-state index contributed by atoms with van der Waals surface area (Å²) in [4.78, 5) is 14.0. The average molecular weight is 357 g/mol. The number of hydrogen-bond acceptors (Lipinski definition) is 3. The molecule has 0 aromatic heterocycles. The third-order valence-corrected chi connectivity index (χ3v) is 4.88. The smallest absolute Gasteiger partial charge is 0.410 e. The van der Waals surface area contributed by atoms with Gasteiger partial charge in [-0.15, -0.1) is 0 Å². The van der Waals surface area contributed by atoms with E-state index in [-0.39, 0.29) is 12.8 Å². The Bertz CT molecular complexity index is 688. The van der Waals surface area contributed by atoms with Crippen molar-refractivity contribution in [3.8, 4) is 0 Å². The molecule has 1 N–H and O–H groups in total. The van der Waals surface area contributed by atoms with Gasteiger partial charge in [-0.25, -0.2) is 18.0 Å². The molecule has 2 atom stereocenters. The molecule has 25 heavy (non-hydrogen) atoms. The zero-order chi connectivity index (χ0) is 18.6. The highest BCUT2D eigenvalue weighted by molar-refractivity contribution is 5.69. The summed E-state index contributed by atoms with van der Waals surface area (Å²) in [5.74, 6) is -3.55. The number of ether oxygens (including phenoxy) is 1. The minimum Gasteiger partial charge on any atom is -0.444 e. The highest BCUT2D eigenvalue weighted by Crippen LogP contribution is 2.47. The van der Waals surface area contributed by atoms with Gasteiger partial charge in [0.2, 0.25) is 0 Å². The van der Waals surface area contributed by atoms with Crippen molar-refractivity contribution >= 4 is 6.09 Å². The minimum atomic E-state index is -1.85. The van der Waals surface area contributed by atoms with E-state index < -0.39 is 52.4 Å². The van der Waals surface area contributed by atoms with Gasteiger partial charge >= 0.3 is 6.09 Å². The van der Waals surface area contributed by atoms with Crippen LogP contribution in [0, 0.1) is 17.5 Å². The van der Waals surface area contributed by atoms with Gasteiger partial charge in [-0.2, -0.15) is 0 Å². The Labute approximate surface area is 144 Å². The van der Waals surface area contributed by atoms with Crippen molar-refractivity contribution in [2.75, 3.05) is 0 Å². The van der Waals surface area contributed by atoms with E-state index in [9.17, 15) is 23.1 Å². The Morgan fingerprint density at radius 2 is 1.68 bits per heavy atom. The number of aliphatic hydroxyl groups is 1. The molecule has 3 rings (SSSR count). The first kappa shape index (κ1) is 18.0. The van der Waals surface area contributed by atoms with Gasteiger partial charge in [-0.3, -0.25) is 0 Å². The number of piperidine rings is 1. The maximum atomic E-state index is 14.2. The molecule has 4 nitrogen and oxygen atoms in total. The molecule has 2 fully saturated rings. The van der Waals surface area contributed by atoms with E-state index in [0.717, 1.165) is 6.07 Å². The molecule has 2 bridgehead atoms. The third kappa shape index (κ3) is 3.21. The van der Waals surface area contributed by atoms with Crippen molar-refractivity contribution in [3.63, 3.8) is 0 Å². The quantitative estimate of drug-likeness (QED) is 0.777. The molecule has 2 unspecified atom stereocenters. The van der Waals surface area contributed by atoms with Crippen LogP contribution in [0.4, 0.5) is 18.0 Å². The molecule has 2 aliphatic rings. The minimum absolute atomic E-state index is 0.0555. The Hall–Kier alpha value is -1.76. The molecule has 138 valence electrons. The van der Waals surface area contributed by atoms with Crippen LogP contribution in [0.25, 0.3) is 0 Å². The maximum Gasteiger partial charge on any atom is 0.410 e. The summed E-state index contributed by atoms with van der Waals surface area (Å²) in [6, 6.07) is 0.705. The van der Waals surface area contributed by atoms with Crippen LogP contribution in [0.2, 0.25) is 0 Å². The van der Waals surface area contributed by atoms with Crippen LogP contribution in [-0.4, -0.2) is 33.8 Å². The highest BCUT2D eigenvalue weighted by atomic mass is 19.2. The van der Waals surface area contributed by atoms with Crippen LogP contribution in [0.15, 0.2) is 12.1 Å². The summed E-state index contributed by atoms with van der Waals surface area (Å²) >= 11 is 0. The number of benzene rings is 1. The average Bonchev–Trinajstić information content (AvgIpc) is 2.75. The lowest BCUT2D eigenvalue weighted by atomic mass is 9.80. The van der Waals surface area contributed by atoms with Gasteiger partial charge in [0.05, 0.1) is 11.2 Å². The molecule has 2 saturated heterocycles. The Morgan fingerprint density at radius 3 is 2.20 bits per heavy atom. The second-order valence-corrected chi connectivity index (χ2v) is 7.93. The van der Waals surface area contributed by atoms with Gasteiger partial charge in [-0.1, -0.05) is 0 Å². The molecule has 0 spiro atoms. The SMILES string of the molecule is CC(C)(C)OC(=O)N1C2CCC1CC(O)(c1c(F)ccc(F)c1F)C2. The van der Waals surface area contributed by atoms with E-state index in [1.54, 1.807) is 25.7 Å². The summed E-state index contributed by atoms with van der Waals surface area (Å²) in [5, 5.41) is 10.9. The van der Waals surface area contributed by atoms with E-state index in [0.29, 0.717) is 18.9 Å². The summed E-state index contributed by atoms with van der Waals surface area (Å²) in [5.41, 5.74) is -3.15. The van der Waals surface area contributed by atoms with Crippen molar-refractivity contribution in [1.29, 1.82) is 0 Å². The molecule has 1 amide bonds. The molecule has 1 aromatic rings. The first-order chi connectivity index (χ1) is 11.5. The van der Waals surface area contributed by atoms with E-state index in [4.69, 9.17) is 4.74 Å². The first-order valence-electron chi connectivity index (χ1n) is 8.39. The van der Waals surface area contributed by atoms with Gasteiger partial charge < -0.3 is 14.7 Å². The fourth-order valence-corrected chi connectivity index (χ4v) is 4.00. The number of nitrogens with zero attached hydrogens (tertiary/aromatic N) is 1. The van der Waals surface area contributed by atoms with Crippen molar-refractivity contribution in [2.24, 2.45) is 0 Å². The number of amides is 1. The summed E-state index contributed by atoms with van der Waals surface area (Å²) < 4.78 is 47.2. The van der Waals surface area contributed by atoms with Crippen molar-refractivity contribution in [3.05, 3.63) is 35.1 Å². The van der Waals surface area contributed by atoms with Crippen molar-refractivity contribution in [2.45, 2.75) is 69.7 Å². The standard InChI is InChI=1S/C18H22F3NO3/c1-17(2,3)25-16(23)22-10-4-5-11(22)9-18(24,8-10)14-12(19)6-7-13(20)15(14)21/h6-7,10-11,24H,4-5,8-9H2,1-3H3. The fourth-order valence-electron chi connectivity index (χ4n) is 4.00. The van der Waals surface area contributed by atoms with Gasteiger partial charge in [0, 0.05) is 24.9 Å². The summed E-state index contributed by atoms with van der Waals surface area (Å²) in [6.45, 7) is 5.26. The molecule has 0 radical (unpaired) electrons. The molecule has 0 saturated carbocycles. The monoisotopic (exact) mass is 357 g/mol. The highest BCUT2D eigenvalue weighted by Gasteiger charge is 2.52. The lowest BCUT2D eigenvalue weighted by Gasteiger charge is -2.44. The maximum absolute atomic E-state index is 14.2. The van der Waals surface area contributed by atoms with Crippen molar-refractivity contribution < 1.29 is 27.8 Å². The van der Waals surface area contributed by atoms with Gasteiger partial charge in [0.1, 0.15) is 11.4 Å². The first-order valence-corrected chi connectivity index (χ1v) is 8.39. The Kier molecular flexibility index (Phi) is 4.26. The van der Waals surface area contributed by atoms with Crippen molar-refractivity contribution in [1.82, 2.24) is 4.90 Å². The number of carbonyl (C=O) groups excluding carboxylic acids is 1. The molecule has 2 aliphatic heterocycles. The van der Waals surface area contributed by atoms with Gasteiger partial charge in [0.15, 0.2) is 11.6 Å². The number of carbonyl (C=O) groups is 1. The van der Waals surface area contributed by atoms with Gasteiger partial charge in [0.25, 0.3) is 0 Å². The van der Waals surface area contributed by atoms with E-state index >= 15 is 0 Å². The second-order valence-electron chi connectivity index (χ2n) is 7.93. The molecular formula is C18H22F3NO3. The van der Waals surface area contributed by atoms with E-state index in [1.165, 1.54) is 0 Å². The second kappa shape index (κ2) is 5.90. The topological polar surface area (TPSA) is 49.8 Å². The third-order valence-electron chi connectivity index (χ3n) is 4.88. The van der Waals surface area contributed by atoms with Crippen LogP contribution in [0.5, 0.6) is 0 Å². The lowest BCUT2D eigenvalue weighted by molar-refractivity contribution is -0.0660. The van der Waals surface area contributed by atoms with E-state index in [1.807, 2.05) is 0 Å². The normalized spacial score (nSPS) is 29.0. The number of halogens is 3. The zero-order valence-electron chi connectivity index (χ0n) is 14.5. The van der Waals surface area contributed by atoms with Crippen LogP contribution in [0.3, 0.4) is 0 Å². The summed E-state index contributed by atoms with van der Waals surface area (Å²) in [7, 11) is 0. The zero-order valence-corrected chi connectivity index (χ0v) is 14.5. The van der Waals surface area contributed by atoms with Crippen LogP contribution in [0.1, 0.15) is 52.0 Å². The molecule has 1 aromatic carbocycles. The van der Waals surface area contributed by atoms with Crippen LogP contribution < -0.4 is 0 Å². The number of rotatable bonds is 1. The molecule has 2 heterocycles. The molecule has 0 aliphatic carbocycles. The van der Waals surface area contributed by atoms with E-state index in [2.05, 4.69) is 0 Å². The van der Waals surface area contributed by atoms with Gasteiger partial charge in [-0.05, 0) is 45.7 Å². The van der Waals surface area contributed by atoms with Crippen LogP contribution >= 0.6 is 0 Å². The number of fused-ring (bicyclic) bond motifs is 2. The molecule has 7 heteroatoms. The van der Waals surface area contributed by atoms with Crippen LogP contribution in [-0.2, 0) is 10.3 Å².